The van der Waals surface area contributed by atoms with Crippen LogP contribution in [0.1, 0.15) is 0 Å². The summed E-state index contributed by atoms with van der Waals surface area (Å²) in [6.07, 6.45) is -1.25. The Labute approximate surface area is 55.4 Å². The first-order chi connectivity index (χ1) is 2.27. The topological polar surface area (TPSA) is 46.5 Å². The van der Waals surface area contributed by atoms with E-state index >= 15 is 0 Å². The molecule has 1 N–H and O–H groups in total. The zero-order valence-corrected chi connectivity index (χ0v) is 5.74. The van der Waals surface area contributed by atoms with Crippen molar-refractivity contribution in [3.63, 3.8) is 0 Å². The largest absolute Gasteiger partial charge is 0.505 e. The van der Waals surface area contributed by atoms with Crippen molar-refractivity contribution in [3.8, 4) is 0 Å². The second-order valence-electron chi connectivity index (χ2n) is 0.470. The maximum absolute atomic E-state index is 9.15. The van der Waals surface area contributed by atoms with Crippen molar-refractivity contribution in [2.24, 2.45) is 0 Å². The molecule has 3 nitrogen and oxygen atoms in total. The average molecular weight is 194 g/mol. The van der Waals surface area contributed by atoms with Crippen LogP contribution in [0.25, 0.3) is 0 Å². The van der Waals surface area contributed by atoms with Crippen LogP contribution in [-0.2, 0) is 24.2 Å². The smallest absolute Gasteiger partial charge is 0.450 e. The SMILES string of the molecule is COC(=O)O.[CH3-].[Rh]. The van der Waals surface area contributed by atoms with Crippen LogP contribution in [-0.4, -0.2) is 18.4 Å². The van der Waals surface area contributed by atoms with Gasteiger partial charge in [-0.1, -0.05) is 0 Å². The second kappa shape index (κ2) is 9.31. The summed E-state index contributed by atoms with van der Waals surface area (Å²) in [5.74, 6) is 0. The first-order valence-corrected chi connectivity index (χ1v) is 1.04. The van der Waals surface area contributed by atoms with Crippen molar-refractivity contribution in [1.29, 1.82) is 0 Å². The molecule has 0 aromatic carbocycles. The minimum atomic E-state index is -1.25. The number of ether oxygens (including phenoxy) is 1. The molecule has 0 amide bonds. The first-order valence-electron chi connectivity index (χ1n) is 1.04. The molecule has 0 heterocycles. The molecule has 0 saturated heterocycles. The van der Waals surface area contributed by atoms with Crippen molar-refractivity contribution in [3.05, 3.63) is 7.43 Å². The van der Waals surface area contributed by atoms with Gasteiger partial charge in [-0.05, 0) is 0 Å². The van der Waals surface area contributed by atoms with Crippen molar-refractivity contribution in [2.45, 2.75) is 0 Å². The van der Waals surface area contributed by atoms with E-state index in [4.69, 9.17) is 9.90 Å². The minimum Gasteiger partial charge on any atom is -0.450 e. The first kappa shape index (κ1) is 15.8. The Hall–Kier alpha value is -0.107. The van der Waals surface area contributed by atoms with Gasteiger partial charge in [0.15, 0.2) is 0 Å². The van der Waals surface area contributed by atoms with Crippen LogP contribution < -0.4 is 0 Å². The van der Waals surface area contributed by atoms with E-state index in [-0.39, 0.29) is 26.9 Å². The third-order valence-electron chi connectivity index (χ3n) is 0.175. The number of rotatable bonds is 0. The van der Waals surface area contributed by atoms with Crippen LogP contribution in [0.4, 0.5) is 4.79 Å². The fourth-order valence-electron chi connectivity index (χ4n) is 0. The number of hydrogen-bond acceptors (Lipinski definition) is 2. The third-order valence-corrected chi connectivity index (χ3v) is 0.175. The van der Waals surface area contributed by atoms with Crippen molar-refractivity contribution in [1.82, 2.24) is 0 Å². The molecule has 4 heteroatoms. The number of hydrogen-bond donors (Lipinski definition) is 1. The predicted molar refractivity (Wildman–Crippen MR) is 21.4 cm³/mol. The van der Waals surface area contributed by atoms with E-state index in [1.165, 1.54) is 0 Å². The van der Waals surface area contributed by atoms with Crippen LogP contribution in [0.5, 0.6) is 0 Å². The van der Waals surface area contributed by atoms with Crippen molar-refractivity contribution >= 4 is 6.16 Å². The van der Waals surface area contributed by atoms with Gasteiger partial charge in [0, 0.05) is 19.5 Å². The van der Waals surface area contributed by atoms with E-state index in [1.54, 1.807) is 0 Å². The number of carboxylic acid groups (broad SMARTS) is 1. The van der Waals surface area contributed by atoms with Gasteiger partial charge in [0.25, 0.3) is 0 Å². The van der Waals surface area contributed by atoms with Crippen LogP contribution in [0.2, 0.25) is 0 Å². The number of carbonyl (C=O) groups is 1. The van der Waals surface area contributed by atoms with Crippen LogP contribution >= 0.6 is 0 Å². The molecule has 0 aromatic heterocycles. The van der Waals surface area contributed by atoms with Gasteiger partial charge in [-0.15, -0.1) is 0 Å². The van der Waals surface area contributed by atoms with Gasteiger partial charge < -0.3 is 17.3 Å². The number of methoxy groups -OCH3 is 1. The van der Waals surface area contributed by atoms with E-state index < -0.39 is 6.16 Å². The molecule has 0 unspecified atom stereocenters. The molecule has 0 fully saturated rings. The Morgan fingerprint density at radius 3 is 1.86 bits per heavy atom. The molecule has 1 radical (unpaired) electrons. The molecule has 0 spiro atoms. The summed E-state index contributed by atoms with van der Waals surface area (Å²) < 4.78 is 3.67. The Morgan fingerprint density at radius 1 is 1.71 bits per heavy atom. The Balaban J connectivity index is -0.0000000800. The molecule has 0 aromatic rings. The van der Waals surface area contributed by atoms with Gasteiger partial charge in [0.1, 0.15) is 0 Å². The summed E-state index contributed by atoms with van der Waals surface area (Å²) >= 11 is 0. The molecule has 0 bridgehead atoms. The zero-order chi connectivity index (χ0) is 4.28. The minimum absolute atomic E-state index is 0. The monoisotopic (exact) mass is 194 g/mol. The van der Waals surface area contributed by atoms with E-state index in [0.717, 1.165) is 7.11 Å². The molecule has 0 aliphatic carbocycles. The quantitative estimate of drug-likeness (QED) is 0.351. The molecular formula is C3H7O3Rh-. The van der Waals surface area contributed by atoms with Gasteiger partial charge in [0.05, 0.1) is 7.11 Å². The van der Waals surface area contributed by atoms with E-state index in [2.05, 4.69) is 4.74 Å². The van der Waals surface area contributed by atoms with Crippen molar-refractivity contribution < 1.29 is 34.1 Å². The molecule has 0 aliphatic rings. The second-order valence-corrected chi connectivity index (χ2v) is 0.470. The molecule has 7 heavy (non-hydrogen) atoms. The molecule has 0 saturated carbocycles. The predicted octanol–water partition coefficient (Wildman–Crippen LogP) is 0.759. The average Bonchev–Trinajstić information content (AvgIpc) is 1.38. The Bertz CT molecular complexity index is 45.4. The van der Waals surface area contributed by atoms with E-state index in [0.29, 0.717) is 0 Å². The standard InChI is InChI=1S/C2H4O3.CH3.Rh/c1-5-2(3)4;;/h1H3,(H,3,4);1H3;/q;-1;. The maximum Gasteiger partial charge on any atom is 0.505 e. The molecular weight excluding hydrogens is 187 g/mol. The Morgan fingerprint density at radius 2 is 1.86 bits per heavy atom. The van der Waals surface area contributed by atoms with E-state index in [9.17, 15) is 0 Å². The maximum atomic E-state index is 9.15. The van der Waals surface area contributed by atoms with Crippen LogP contribution in [0.15, 0.2) is 0 Å². The summed E-state index contributed by atoms with van der Waals surface area (Å²) in [6, 6.07) is 0. The molecule has 0 atom stereocenters. The Kier molecular flexibility index (Phi) is 21.0. The van der Waals surface area contributed by atoms with E-state index in [1.807, 2.05) is 0 Å². The summed E-state index contributed by atoms with van der Waals surface area (Å²) in [5, 5.41) is 7.50. The van der Waals surface area contributed by atoms with Gasteiger partial charge in [-0.25, -0.2) is 4.79 Å². The zero-order valence-electron chi connectivity index (χ0n) is 4.10. The van der Waals surface area contributed by atoms with Crippen molar-refractivity contribution in [2.75, 3.05) is 7.11 Å². The third kappa shape index (κ3) is 24.9. The summed E-state index contributed by atoms with van der Waals surface area (Å²) in [6.45, 7) is 0. The molecule has 47 valence electrons. The normalized spacial score (nSPS) is 4.71. The fourth-order valence-corrected chi connectivity index (χ4v) is 0. The summed E-state index contributed by atoms with van der Waals surface area (Å²) in [4.78, 5) is 9.15. The van der Waals surface area contributed by atoms with Gasteiger partial charge in [-0.2, -0.15) is 0 Å². The van der Waals surface area contributed by atoms with Gasteiger partial charge >= 0.3 is 6.16 Å². The van der Waals surface area contributed by atoms with Crippen LogP contribution in [0.3, 0.4) is 0 Å². The van der Waals surface area contributed by atoms with Crippen LogP contribution in [0, 0.1) is 7.43 Å². The molecule has 0 aliphatic heterocycles. The fraction of sp³-hybridized carbons (Fsp3) is 0.333. The molecule has 0 rings (SSSR count). The van der Waals surface area contributed by atoms with Gasteiger partial charge in [-0.3, -0.25) is 0 Å². The van der Waals surface area contributed by atoms with Gasteiger partial charge in [0.2, 0.25) is 0 Å². The summed E-state index contributed by atoms with van der Waals surface area (Å²) in [5.41, 5.74) is 0. The summed E-state index contributed by atoms with van der Waals surface area (Å²) in [7, 11) is 1.10.